The Balaban J connectivity index is 1.02. The average molecular weight is 840 g/mol. The molecule has 0 saturated carbocycles. The van der Waals surface area contributed by atoms with Gasteiger partial charge in [-0.2, -0.15) is 0 Å². The summed E-state index contributed by atoms with van der Waals surface area (Å²) in [5, 5.41) is 2.46. The Kier molecular flexibility index (Phi) is 8.24. The fourth-order valence-corrected chi connectivity index (χ4v) is 11.1. The monoisotopic (exact) mass is 839 g/mol. The van der Waals surface area contributed by atoms with Crippen LogP contribution in [0.25, 0.3) is 27.5 Å². The molecule has 0 saturated heterocycles. The van der Waals surface area contributed by atoms with Gasteiger partial charge in [-0.05, 0) is 133 Å². The van der Waals surface area contributed by atoms with Gasteiger partial charge in [0.15, 0.2) is 0 Å². The highest BCUT2D eigenvalue weighted by atomic mass is 16.5. The van der Waals surface area contributed by atoms with Gasteiger partial charge in [0.25, 0.3) is 6.71 Å². The van der Waals surface area contributed by atoms with Crippen LogP contribution >= 0.6 is 0 Å². The Morgan fingerprint density at radius 3 is 2.12 bits per heavy atom. The van der Waals surface area contributed by atoms with Gasteiger partial charge in [0.05, 0.1) is 11.0 Å². The second-order valence-corrected chi connectivity index (χ2v) is 18.5. The zero-order valence-electron chi connectivity index (χ0n) is 37.0. The first-order valence-corrected chi connectivity index (χ1v) is 22.8. The van der Waals surface area contributed by atoms with Crippen LogP contribution in [0.3, 0.4) is 0 Å². The molecule has 4 aliphatic rings. The van der Waals surface area contributed by atoms with Gasteiger partial charge in [-0.3, -0.25) is 0 Å². The van der Waals surface area contributed by atoms with E-state index in [1.165, 1.54) is 55.0 Å². The van der Waals surface area contributed by atoms with Gasteiger partial charge in [0.2, 0.25) is 0 Å². The van der Waals surface area contributed by atoms with Crippen LogP contribution < -0.4 is 35.7 Å². The number of para-hydroxylation sites is 3. The minimum atomic E-state index is -0.216. The van der Waals surface area contributed by atoms with Crippen LogP contribution in [-0.2, 0) is 5.41 Å². The summed E-state index contributed by atoms with van der Waals surface area (Å²) >= 11 is 0. The first-order valence-electron chi connectivity index (χ1n) is 22.8. The molecule has 0 N–H and O–H groups in total. The fourth-order valence-electron chi connectivity index (χ4n) is 11.1. The van der Waals surface area contributed by atoms with Crippen LogP contribution in [0.5, 0.6) is 17.2 Å². The summed E-state index contributed by atoms with van der Waals surface area (Å²) in [6, 6.07) is 62.1. The lowest BCUT2D eigenvalue weighted by Crippen LogP contribution is -2.59. The van der Waals surface area contributed by atoms with E-state index in [0.717, 1.165) is 81.1 Å². The van der Waals surface area contributed by atoms with Gasteiger partial charge in [-0.1, -0.05) is 105 Å². The lowest BCUT2D eigenvalue weighted by Gasteiger charge is -2.40. The van der Waals surface area contributed by atoms with Gasteiger partial charge in [-0.15, -0.1) is 0 Å². The second kappa shape index (κ2) is 14.2. The SMILES string of the molecule is Cc1ccc(N(c2ccc3c(c2)Oc2cccc4c2B3c2cc3c5ccccc5n(-c5ccccc5)c3cc2N4c2ccccc2)c2ccc3c(c2)C(C)(C)C2=C(CCC=C2)O3)cc1C. The molecule has 8 aromatic carbocycles. The standard InChI is InChI=1S/C59H46BN3O2/c1-37-26-27-41(32-38(37)2)61(42-29-31-55-47(33-42)59(3,4)46-21-12-14-24-54(46)64-55)43-28-30-48-57(34-43)65-56-25-15-23-51-58(56)60(48)49-35-45-44-20-11-13-22-50(44)62(39-16-7-5-8-17-39)52(45)36-53(49)63(51)40-18-9-6-10-19-40/h5-13,15-23,25-36H,14,24H2,1-4H3. The van der Waals surface area contributed by atoms with E-state index in [4.69, 9.17) is 9.47 Å². The number of rotatable bonds is 5. The maximum atomic E-state index is 7.14. The van der Waals surface area contributed by atoms with Crippen molar-refractivity contribution in [2.75, 3.05) is 9.80 Å². The highest BCUT2D eigenvalue weighted by Gasteiger charge is 2.43. The van der Waals surface area contributed by atoms with Crippen molar-refractivity contribution in [1.29, 1.82) is 0 Å². The van der Waals surface area contributed by atoms with Crippen molar-refractivity contribution in [3.8, 4) is 22.9 Å². The van der Waals surface area contributed by atoms with Gasteiger partial charge in [-0.25, -0.2) is 0 Å². The molecule has 65 heavy (non-hydrogen) atoms. The predicted molar refractivity (Wildman–Crippen MR) is 270 cm³/mol. The normalized spacial score (nSPS) is 15.1. The number of anilines is 6. The molecule has 1 aromatic heterocycles. The number of aromatic nitrogens is 1. The minimum Gasteiger partial charge on any atom is -0.461 e. The minimum absolute atomic E-state index is 0.0695. The molecule has 0 atom stereocenters. The molecule has 0 spiro atoms. The van der Waals surface area contributed by atoms with Crippen molar-refractivity contribution in [3.63, 3.8) is 0 Å². The molecule has 0 bridgehead atoms. The van der Waals surface area contributed by atoms with Gasteiger partial charge >= 0.3 is 0 Å². The molecule has 5 nitrogen and oxygen atoms in total. The second-order valence-electron chi connectivity index (χ2n) is 18.5. The first kappa shape index (κ1) is 37.8. The third kappa shape index (κ3) is 5.66. The number of hydrogen-bond acceptors (Lipinski definition) is 4. The lowest BCUT2D eigenvalue weighted by molar-refractivity contribution is 0.351. The molecule has 0 amide bonds. The van der Waals surface area contributed by atoms with E-state index in [0.29, 0.717) is 0 Å². The van der Waals surface area contributed by atoms with Crippen LogP contribution in [-0.4, -0.2) is 11.3 Å². The van der Waals surface area contributed by atoms with Crippen molar-refractivity contribution < 1.29 is 9.47 Å². The van der Waals surface area contributed by atoms with Gasteiger partial charge in [0, 0.05) is 79.6 Å². The van der Waals surface area contributed by atoms with E-state index in [1.807, 2.05) is 0 Å². The number of benzene rings is 8. The van der Waals surface area contributed by atoms with Crippen LogP contribution in [0.4, 0.5) is 34.1 Å². The zero-order valence-corrected chi connectivity index (χ0v) is 37.0. The lowest BCUT2D eigenvalue weighted by atomic mass is 9.34. The molecule has 0 radical (unpaired) electrons. The Morgan fingerprint density at radius 1 is 0.554 bits per heavy atom. The van der Waals surface area contributed by atoms with E-state index in [-0.39, 0.29) is 12.1 Å². The predicted octanol–water partition coefficient (Wildman–Crippen LogP) is 13.5. The Labute approximate surface area is 380 Å². The molecule has 6 heteroatoms. The van der Waals surface area contributed by atoms with E-state index in [2.05, 4.69) is 224 Å². The summed E-state index contributed by atoms with van der Waals surface area (Å²) in [6.45, 7) is 8.96. The number of nitrogens with zero attached hydrogens (tertiary/aromatic N) is 3. The number of aryl methyl sites for hydroxylation is 2. The van der Waals surface area contributed by atoms with Crippen LogP contribution in [0, 0.1) is 13.8 Å². The summed E-state index contributed by atoms with van der Waals surface area (Å²) < 4.78 is 16.2. The third-order valence-corrected chi connectivity index (χ3v) is 14.4. The third-order valence-electron chi connectivity index (χ3n) is 14.4. The molecule has 4 heterocycles. The summed E-state index contributed by atoms with van der Waals surface area (Å²) in [5.74, 6) is 3.78. The van der Waals surface area contributed by atoms with Crippen molar-refractivity contribution >= 4 is 79.0 Å². The topological polar surface area (TPSA) is 29.9 Å². The molecule has 312 valence electrons. The smallest absolute Gasteiger partial charge is 0.256 e. The van der Waals surface area contributed by atoms with Crippen molar-refractivity contribution in [1.82, 2.24) is 4.57 Å². The summed E-state index contributed by atoms with van der Waals surface area (Å²) in [5.41, 5.74) is 18.4. The average Bonchev–Trinajstić information content (AvgIpc) is 3.66. The van der Waals surface area contributed by atoms with Gasteiger partial charge < -0.3 is 23.8 Å². The molecule has 13 rings (SSSR count). The van der Waals surface area contributed by atoms with Crippen LogP contribution in [0.15, 0.2) is 193 Å². The Hall–Kier alpha value is -7.70. The molecule has 0 unspecified atom stereocenters. The first-order chi connectivity index (χ1) is 31.8. The fraction of sp³-hybridized carbons (Fsp3) is 0.119. The van der Waals surface area contributed by atoms with E-state index >= 15 is 0 Å². The molecule has 3 aliphatic heterocycles. The Morgan fingerprint density at radius 2 is 1.29 bits per heavy atom. The molecule has 0 fully saturated rings. The van der Waals surface area contributed by atoms with E-state index in [1.54, 1.807) is 0 Å². The Bertz CT molecular complexity index is 3510. The number of fused-ring (bicyclic) bond motifs is 8. The van der Waals surface area contributed by atoms with Gasteiger partial charge in [0.1, 0.15) is 23.0 Å². The zero-order chi connectivity index (χ0) is 43.6. The van der Waals surface area contributed by atoms with Crippen LogP contribution in [0.1, 0.15) is 43.4 Å². The molecular formula is C59H46BN3O2. The summed E-state index contributed by atoms with van der Waals surface area (Å²) in [4.78, 5) is 4.82. The molecule has 9 aromatic rings. The maximum absolute atomic E-state index is 7.14. The number of hydrogen-bond donors (Lipinski definition) is 0. The number of allylic oxidation sites excluding steroid dienone is 4. The largest absolute Gasteiger partial charge is 0.461 e. The quantitative estimate of drug-likeness (QED) is 0.162. The molecule has 1 aliphatic carbocycles. The summed E-state index contributed by atoms with van der Waals surface area (Å²) in [7, 11) is 0. The number of ether oxygens (including phenoxy) is 2. The highest BCUT2D eigenvalue weighted by Crippen LogP contribution is 2.50. The van der Waals surface area contributed by atoms with Crippen LogP contribution in [0.2, 0.25) is 0 Å². The highest BCUT2D eigenvalue weighted by molar-refractivity contribution is 6.99. The van der Waals surface area contributed by atoms with E-state index in [9.17, 15) is 0 Å². The van der Waals surface area contributed by atoms with Crippen molar-refractivity contribution in [3.05, 3.63) is 210 Å². The summed E-state index contributed by atoms with van der Waals surface area (Å²) in [6.07, 6.45) is 6.50. The van der Waals surface area contributed by atoms with Crippen molar-refractivity contribution in [2.45, 2.75) is 46.0 Å². The molecular weight excluding hydrogens is 793 g/mol. The van der Waals surface area contributed by atoms with E-state index < -0.39 is 0 Å². The van der Waals surface area contributed by atoms with Crippen molar-refractivity contribution in [2.24, 2.45) is 0 Å². The maximum Gasteiger partial charge on any atom is 0.256 e.